The van der Waals surface area contributed by atoms with Crippen molar-refractivity contribution in [2.75, 3.05) is 20.3 Å². The molecule has 24 heavy (non-hydrogen) atoms. The number of ether oxygens (including phenoxy) is 1. The van der Waals surface area contributed by atoms with Gasteiger partial charge in [-0.2, -0.15) is 0 Å². The second-order valence-electron chi connectivity index (χ2n) is 8.66. The van der Waals surface area contributed by atoms with Crippen LogP contribution in [-0.4, -0.2) is 36.8 Å². The van der Waals surface area contributed by atoms with Crippen LogP contribution in [0.15, 0.2) is 18.2 Å². The number of likely N-dealkylation sites (N-methyl/N-ethyl adjacent to an activating group) is 1. The first-order valence-corrected chi connectivity index (χ1v) is 9.52. The minimum Gasteiger partial charge on any atom is -0.415 e. The number of quaternary nitrogens is 1. The van der Waals surface area contributed by atoms with Crippen molar-refractivity contribution in [3.8, 4) is 0 Å². The molecule has 1 saturated heterocycles. The quantitative estimate of drug-likeness (QED) is 0.611. The van der Waals surface area contributed by atoms with E-state index in [-0.39, 0.29) is 5.97 Å². The van der Waals surface area contributed by atoms with Crippen LogP contribution in [0.5, 0.6) is 0 Å². The van der Waals surface area contributed by atoms with Crippen LogP contribution in [0.3, 0.4) is 0 Å². The van der Waals surface area contributed by atoms with Crippen molar-refractivity contribution in [1.82, 2.24) is 0 Å². The molecule has 4 atom stereocenters. The molecule has 0 amide bonds. The van der Waals surface area contributed by atoms with Crippen molar-refractivity contribution in [3.63, 3.8) is 0 Å². The zero-order valence-electron chi connectivity index (χ0n) is 15.3. The fourth-order valence-electron chi connectivity index (χ4n) is 5.98. The number of fused-ring (bicyclic) bond motifs is 1. The van der Waals surface area contributed by atoms with Crippen LogP contribution in [0, 0.1) is 12.8 Å². The lowest BCUT2D eigenvalue weighted by molar-refractivity contribution is -0.959. The molecule has 2 aliphatic carbocycles. The summed E-state index contributed by atoms with van der Waals surface area (Å²) in [6.45, 7) is 5.42. The van der Waals surface area contributed by atoms with E-state index in [1.165, 1.54) is 44.6 Å². The van der Waals surface area contributed by atoms with Gasteiger partial charge < -0.3 is 4.74 Å². The van der Waals surface area contributed by atoms with E-state index < -0.39 is 0 Å². The summed E-state index contributed by atoms with van der Waals surface area (Å²) < 4.78 is 6.40. The minimum atomic E-state index is -0.151. The number of likely N-dealkylation sites (tertiary alicyclic amines) is 1. The van der Waals surface area contributed by atoms with Gasteiger partial charge in [-0.3, -0.25) is 9.28 Å². The molecule has 4 rings (SSSR count). The van der Waals surface area contributed by atoms with E-state index in [9.17, 15) is 4.79 Å². The van der Waals surface area contributed by atoms with Crippen LogP contribution in [0.1, 0.15) is 55.7 Å². The van der Waals surface area contributed by atoms with Crippen molar-refractivity contribution in [1.29, 1.82) is 0 Å². The molecule has 1 aromatic carbocycles. The van der Waals surface area contributed by atoms with E-state index >= 15 is 0 Å². The molecule has 3 nitrogen and oxygen atoms in total. The van der Waals surface area contributed by atoms with Gasteiger partial charge in [-0.05, 0) is 30.9 Å². The lowest BCUT2D eigenvalue weighted by atomic mass is 9.52. The van der Waals surface area contributed by atoms with Gasteiger partial charge in [0, 0.05) is 31.1 Å². The second kappa shape index (κ2) is 5.59. The van der Waals surface area contributed by atoms with Gasteiger partial charge in [0.05, 0.1) is 19.6 Å². The number of rotatable bonds is 2. The van der Waals surface area contributed by atoms with Gasteiger partial charge in [-0.15, -0.1) is 0 Å². The van der Waals surface area contributed by atoms with Crippen molar-refractivity contribution in [2.45, 2.75) is 63.8 Å². The summed E-state index contributed by atoms with van der Waals surface area (Å²) in [5.41, 5.74) is 4.99. The predicted octanol–water partition coefficient (Wildman–Crippen LogP) is 3.72. The van der Waals surface area contributed by atoms with E-state index in [0.29, 0.717) is 18.2 Å². The number of piperidine rings is 1. The number of hydrogen-bond acceptors (Lipinski definition) is 2. The Balaban J connectivity index is 1.77. The molecule has 3 aliphatic rings. The van der Waals surface area contributed by atoms with Gasteiger partial charge in [0.1, 0.15) is 0 Å². The maximum atomic E-state index is 11.4. The van der Waals surface area contributed by atoms with Crippen LogP contribution in [0.25, 0.3) is 0 Å². The third-order valence-corrected chi connectivity index (χ3v) is 7.23. The Labute approximate surface area is 145 Å². The van der Waals surface area contributed by atoms with Crippen LogP contribution >= 0.6 is 0 Å². The number of hydrogen-bond donors (Lipinski definition) is 0. The molecule has 2 fully saturated rings. The number of carbonyl (C=O) groups is 1. The van der Waals surface area contributed by atoms with Crippen molar-refractivity contribution in [3.05, 3.63) is 34.9 Å². The van der Waals surface area contributed by atoms with Gasteiger partial charge >= 0.3 is 5.97 Å². The SMILES string of the molecule is CC(=O)OC[N+]1(C)CC[C@]23CCCC[C@H]2[C@H]1Cc1ccc(C)cc13. The molecular weight excluding hydrogens is 298 g/mol. The standard InChI is InChI=1S/C21H30NO2/c1-15-7-8-17-13-20-18-6-4-5-9-21(18,19(17)12-15)10-11-22(20,3)14-24-16(2)23/h7-8,12,18,20H,4-6,9-11,13-14H2,1-3H3/q+1/t18-,20+,21+,22?/m0/s1. The van der Waals surface area contributed by atoms with Crippen LogP contribution < -0.4 is 0 Å². The summed E-state index contributed by atoms with van der Waals surface area (Å²) in [6.07, 6.45) is 7.79. The Hall–Kier alpha value is -1.35. The number of aryl methyl sites for hydroxylation is 1. The van der Waals surface area contributed by atoms with Gasteiger partial charge in [0.15, 0.2) is 0 Å². The first kappa shape index (κ1) is 16.1. The van der Waals surface area contributed by atoms with Crippen LogP contribution in [0.4, 0.5) is 0 Å². The highest BCUT2D eigenvalue weighted by Crippen LogP contribution is 2.57. The van der Waals surface area contributed by atoms with Gasteiger partial charge in [-0.1, -0.05) is 36.6 Å². The maximum absolute atomic E-state index is 11.4. The normalized spacial score (nSPS) is 37.3. The third kappa shape index (κ3) is 2.32. The topological polar surface area (TPSA) is 26.3 Å². The molecule has 0 N–H and O–H groups in total. The zero-order valence-corrected chi connectivity index (χ0v) is 15.3. The van der Waals surface area contributed by atoms with Crippen molar-refractivity contribution < 1.29 is 14.0 Å². The first-order valence-electron chi connectivity index (χ1n) is 9.52. The Morgan fingerprint density at radius 1 is 1.33 bits per heavy atom. The number of carbonyl (C=O) groups excluding carboxylic acids is 1. The third-order valence-electron chi connectivity index (χ3n) is 7.23. The molecule has 1 aromatic rings. The molecule has 0 aromatic heterocycles. The Bertz CT molecular complexity index is 670. The van der Waals surface area contributed by atoms with E-state index in [2.05, 4.69) is 32.2 Å². The molecule has 1 unspecified atom stereocenters. The van der Waals surface area contributed by atoms with E-state index in [1.54, 1.807) is 11.1 Å². The largest absolute Gasteiger partial charge is 0.415 e. The minimum absolute atomic E-state index is 0.151. The molecule has 1 saturated carbocycles. The average molecular weight is 328 g/mol. The number of benzene rings is 1. The summed E-state index contributed by atoms with van der Waals surface area (Å²) in [4.78, 5) is 11.4. The zero-order chi connectivity index (χ0) is 16.9. The fourth-order valence-corrected chi connectivity index (χ4v) is 5.98. The van der Waals surface area contributed by atoms with Gasteiger partial charge in [-0.25, -0.2) is 0 Å². The predicted molar refractivity (Wildman–Crippen MR) is 94.6 cm³/mol. The van der Waals surface area contributed by atoms with E-state index in [1.807, 2.05) is 0 Å². The Morgan fingerprint density at radius 2 is 2.17 bits per heavy atom. The Morgan fingerprint density at radius 3 is 2.96 bits per heavy atom. The van der Waals surface area contributed by atoms with Crippen molar-refractivity contribution >= 4 is 5.97 Å². The lowest BCUT2D eigenvalue weighted by Gasteiger charge is -2.61. The number of esters is 1. The summed E-state index contributed by atoms with van der Waals surface area (Å²) in [5, 5.41) is 0. The summed E-state index contributed by atoms with van der Waals surface area (Å²) in [7, 11) is 2.31. The Kier molecular flexibility index (Phi) is 3.76. The molecule has 3 heteroatoms. The maximum Gasteiger partial charge on any atom is 0.306 e. The average Bonchev–Trinajstić information content (AvgIpc) is 2.57. The van der Waals surface area contributed by atoms with Crippen LogP contribution in [-0.2, 0) is 21.4 Å². The summed E-state index contributed by atoms with van der Waals surface area (Å²) in [6, 6.07) is 7.70. The molecule has 0 radical (unpaired) electrons. The summed E-state index contributed by atoms with van der Waals surface area (Å²) >= 11 is 0. The highest BCUT2D eigenvalue weighted by Gasteiger charge is 2.59. The van der Waals surface area contributed by atoms with Gasteiger partial charge in [0.25, 0.3) is 0 Å². The first-order chi connectivity index (χ1) is 11.4. The monoisotopic (exact) mass is 328 g/mol. The highest BCUT2D eigenvalue weighted by atomic mass is 16.5. The molecule has 1 aliphatic heterocycles. The van der Waals surface area contributed by atoms with E-state index in [4.69, 9.17) is 4.74 Å². The fraction of sp³-hybridized carbons (Fsp3) is 0.667. The van der Waals surface area contributed by atoms with E-state index in [0.717, 1.165) is 23.4 Å². The smallest absolute Gasteiger partial charge is 0.306 e. The van der Waals surface area contributed by atoms with Crippen molar-refractivity contribution in [2.24, 2.45) is 5.92 Å². The number of nitrogens with zero attached hydrogens (tertiary/aromatic N) is 1. The molecular formula is C21H30NO2+. The lowest BCUT2D eigenvalue weighted by Crippen LogP contribution is -2.69. The molecule has 0 spiro atoms. The molecule has 2 bridgehead atoms. The van der Waals surface area contributed by atoms with Gasteiger partial charge in [0.2, 0.25) is 6.73 Å². The second-order valence-corrected chi connectivity index (χ2v) is 8.66. The van der Waals surface area contributed by atoms with Crippen LogP contribution in [0.2, 0.25) is 0 Å². The summed E-state index contributed by atoms with van der Waals surface area (Å²) in [5.74, 6) is 0.594. The molecule has 1 heterocycles. The molecule has 130 valence electrons. The highest BCUT2D eigenvalue weighted by molar-refractivity contribution is 5.65.